The smallest absolute Gasteiger partial charge is 0.234 e. The van der Waals surface area contributed by atoms with Gasteiger partial charge in [-0.2, -0.15) is 0 Å². The number of nitrogens with one attached hydrogen (secondary N) is 1. The molecule has 0 aliphatic rings. The summed E-state index contributed by atoms with van der Waals surface area (Å²) < 4.78 is 5.22. The van der Waals surface area contributed by atoms with Gasteiger partial charge in [-0.05, 0) is 36.4 Å². The molecule has 0 spiro atoms. The Balaban J connectivity index is 1.60. The van der Waals surface area contributed by atoms with Crippen LogP contribution in [0.4, 0.5) is 5.69 Å². The summed E-state index contributed by atoms with van der Waals surface area (Å²) in [6.07, 6.45) is 0. The Morgan fingerprint density at radius 3 is 2.67 bits per heavy atom. The van der Waals surface area contributed by atoms with Crippen LogP contribution < -0.4 is 10.1 Å². The number of amides is 1. The van der Waals surface area contributed by atoms with Gasteiger partial charge in [0.2, 0.25) is 5.91 Å². The van der Waals surface area contributed by atoms with Gasteiger partial charge in [-0.3, -0.25) is 4.79 Å². The average Bonchev–Trinajstić information content (AvgIpc) is 2.70. The fraction of sp³-hybridized carbons (Fsp3) is 0.105. The predicted molar refractivity (Wildman–Crippen MR) is 110 cm³/mol. The lowest BCUT2D eigenvalue weighted by molar-refractivity contribution is -0.113. The molecule has 5 nitrogen and oxygen atoms in total. The van der Waals surface area contributed by atoms with Crippen molar-refractivity contribution >= 4 is 46.6 Å². The molecule has 1 amide bonds. The van der Waals surface area contributed by atoms with Crippen molar-refractivity contribution in [3.05, 3.63) is 64.6 Å². The van der Waals surface area contributed by atoms with Gasteiger partial charge in [-0.1, -0.05) is 53.2 Å². The predicted octanol–water partition coefficient (Wildman–Crippen LogP) is 5.19. The molecule has 0 radical (unpaired) electrons. The van der Waals surface area contributed by atoms with E-state index in [1.165, 1.54) is 11.8 Å². The van der Waals surface area contributed by atoms with Crippen molar-refractivity contribution in [2.75, 3.05) is 18.2 Å². The normalized spacial score (nSPS) is 10.5. The fourth-order valence-electron chi connectivity index (χ4n) is 2.26. The average molecular weight is 420 g/mol. The second-order valence-electron chi connectivity index (χ2n) is 5.43. The number of carbonyl (C=O) groups is 1. The van der Waals surface area contributed by atoms with Crippen LogP contribution in [0.1, 0.15) is 0 Å². The maximum Gasteiger partial charge on any atom is 0.234 e. The SMILES string of the molecule is COc1cccc(-c2ccc(SCC(=O)Nc3cccc(Cl)c3Cl)nn2)c1. The van der Waals surface area contributed by atoms with Gasteiger partial charge in [0.15, 0.2) is 0 Å². The number of nitrogens with zero attached hydrogens (tertiary/aromatic N) is 2. The third kappa shape index (κ3) is 5.13. The Morgan fingerprint density at radius 2 is 1.93 bits per heavy atom. The minimum absolute atomic E-state index is 0.177. The molecule has 1 N–H and O–H groups in total. The van der Waals surface area contributed by atoms with E-state index in [1.807, 2.05) is 36.4 Å². The summed E-state index contributed by atoms with van der Waals surface area (Å²) >= 11 is 13.3. The zero-order valence-electron chi connectivity index (χ0n) is 14.3. The van der Waals surface area contributed by atoms with Crippen LogP contribution in [0.15, 0.2) is 59.6 Å². The molecule has 1 heterocycles. The second kappa shape index (κ2) is 9.08. The number of hydrogen-bond acceptors (Lipinski definition) is 5. The maximum absolute atomic E-state index is 12.1. The molecule has 0 saturated carbocycles. The van der Waals surface area contributed by atoms with Crippen LogP contribution in [0.2, 0.25) is 10.0 Å². The standard InChI is InChI=1S/C19H15Cl2N3O2S/c1-26-13-5-2-4-12(10-13)15-8-9-18(24-23-15)27-11-17(25)22-16-7-3-6-14(20)19(16)21/h2-10H,11H2,1H3,(H,22,25). The summed E-state index contributed by atoms with van der Waals surface area (Å²) in [6, 6.07) is 16.3. The van der Waals surface area contributed by atoms with Crippen LogP contribution in [-0.4, -0.2) is 29.0 Å². The number of ether oxygens (including phenoxy) is 1. The lowest BCUT2D eigenvalue weighted by Gasteiger charge is -2.08. The molecular formula is C19H15Cl2N3O2S. The number of hydrogen-bond donors (Lipinski definition) is 1. The molecule has 0 aliphatic carbocycles. The number of methoxy groups -OCH3 is 1. The van der Waals surface area contributed by atoms with E-state index in [1.54, 1.807) is 25.3 Å². The lowest BCUT2D eigenvalue weighted by Crippen LogP contribution is -2.14. The monoisotopic (exact) mass is 419 g/mol. The molecule has 2 aromatic carbocycles. The van der Waals surface area contributed by atoms with Gasteiger partial charge in [-0.25, -0.2) is 0 Å². The van der Waals surface area contributed by atoms with E-state index in [9.17, 15) is 4.79 Å². The van der Waals surface area contributed by atoms with E-state index in [0.717, 1.165) is 17.0 Å². The topological polar surface area (TPSA) is 64.1 Å². The molecule has 0 saturated heterocycles. The molecule has 0 atom stereocenters. The highest BCUT2D eigenvalue weighted by Gasteiger charge is 2.10. The summed E-state index contributed by atoms with van der Waals surface area (Å²) in [7, 11) is 1.62. The van der Waals surface area contributed by atoms with Crippen LogP contribution in [0.25, 0.3) is 11.3 Å². The molecule has 0 unspecified atom stereocenters. The third-order valence-electron chi connectivity index (χ3n) is 3.58. The highest BCUT2D eigenvalue weighted by Crippen LogP contribution is 2.30. The summed E-state index contributed by atoms with van der Waals surface area (Å²) in [5.41, 5.74) is 2.12. The molecule has 0 aliphatic heterocycles. The molecule has 138 valence electrons. The molecule has 1 aromatic heterocycles. The molecular weight excluding hydrogens is 405 g/mol. The van der Waals surface area contributed by atoms with Crippen molar-refractivity contribution in [2.45, 2.75) is 5.03 Å². The third-order valence-corrected chi connectivity index (χ3v) is 5.32. The summed E-state index contributed by atoms with van der Waals surface area (Å²) in [4.78, 5) is 12.1. The fourth-order valence-corrected chi connectivity index (χ4v) is 3.22. The second-order valence-corrected chi connectivity index (χ2v) is 7.21. The van der Waals surface area contributed by atoms with E-state index in [4.69, 9.17) is 27.9 Å². The van der Waals surface area contributed by atoms with E-state index in [0.29, 0.717) is 20.8 Å². The maximum atomic E-state index is 12.1. The number of thioether (sulfide) groups is 1. The summed E-state index contributed by atoms with van der Waals surface area (Å²) in [5.74, 6) is 0.725. The summed E-state index contributed by atoms with van der Waals surface area (Å²) in [5, 5.41) is 12.5. The van der Waals surface area contributed by atoms with E-state index in [2.05, 4.69) is 15.5 Å². The van der Waals surface area contributed by atoms with Gasteiger partial charge < -0.3 is 10.1 Å². The number of anilines is 1. The van der Waals surface area contributed by atoms with Crippen molar-refractivity contribution in [2.24, 2.45) is 0 Å². The zero-order valence-corrected chi connectivity index (χ0v) is 16.6. The highest BCUT2D eigenvalue weighted by molar-refractivity contribution is 7.99. The van der Waals surface area contributed by atoms with Gasteiger partial charge in [0.25, 0.3) is 0 Å². The van der Waals surface area contributed by atoms with Crippen molar-refractivity contribution in [3.63, 3.8) is 0 Å². The first-order valence-corrected chi connectivity index (χ1v) is 9.66. The lowest BCUT2D eigenvalue weighted by atomic mass is 10.1. The Hall–Kier alpha value is -2.28. The van der Waals surface area contributed by atoms with Crippen molar-refractivity contribution in [3.8, 4) is 17.0 Å². The first-order chi connectivity index (χ1) is 13.1. The van der Waals surface area contributed by atoms with Gasteiger partial charge in [-0.15, -0.1) is 10.2 Å². The number of rotatable bonds is 6. The number of benzene rings is 2. The van der Waals surface area contributed by atoms with E-state index >= 15 is 0 Å². The van der Waals surface area contributed by atoms with Crippen molar-refractivity contribution in [1.82, 2.24) is 10.2 Å². The zero-order chi connectivity index (χ0) is 19.2. The Morgan fingerprint density at radius 1 is 1.11 bits per heavy atom. The molecule has 0 fully saturated rings. The van der Waals surface area contributed by atoms with Gasteiger partial charge in [0.1, 0.15) is 10.8 Å². The van der Waals surface area contributed by atoms with Gasteiger partial charge >= 0.3 is 0 Å². The van der Waals surface area contributed by atoms with Gasteiger partial charge in [0.05, 0.1) is 34.3 Å². The molecule has 3 rings (SSSR count). The Kier molecular flexibility index (Phi) is 6.55. The van der Waals surface area contributed by atoms with Crippen LogP contribution in [-0.2, 0) is 4.79 Å². The minimum Gasteiger partial charge on any atom is -0.497 e. The van der Waals surface area contributed by atoms with E-state index < -0.39 is 0 Å². The largest absolute Gasteiger partial charge is 0.497 e. The molecule has 27 heavy (non-hydrogen) atoms. The van der Waals surface area contributed by atoms with E-state index in [-0.39, 0.29) is 11.7 Å². The first-order valence-electron chi connectivity index (χ1n) is 7.91. The Labute approximate surface area is 171 Å². The number of carbonyl (C=O) groups excluding carboxylic acids is 1. The van der Waals surface area contributed by atoms with Crippen molar-refractivity contribution < 1.29 is 9.53 Å². The molecule has 3 aromatic rings. The number of halogens is 2. The number of aromatic nitrogens is 2. The quantitative estimate of drug-likeness (QED) is 0.556. The van der Waals surface area contributed by atoms with Gasteiger partial charge in [0, 0.05) is 5.56 Å². The summed E-state index contributed by atoms with van der Waals surface area (Å²) in [6.45, 7) is 0. The van der Waals surface area contributed by atoms with Crippen molar-refractivity contribution in [1.29, 1.82) is 0 Å². The van der Waals surface area contributed by atoms with Crippen LogP contribution in [0.5, 0.6) is 5.75 Å². The van der Waals surface area contributed by atoms with Crippen LogP contribution >= 0.6 is 35.0 Å². The molecule has 8 heteroatoms. The molecule has 0 bridgehead atoms. The Bertz CT molecular complexity index is 952. The van der Waals surface area contributed by atoms with Crippen LogP contribution in [0.3, 0.4) is 0 Å². The van der Waals surface area contributed by atoms with Crippen LogP contribution in [0, 0.1) is 0 Å². The minimum atomic E-state index is -0.206. The first kappa shape index (κ1) is 19.5. The highest BCUT2D eigenvalue weighted by atomic mass is 35.5.